The van der Waals surface area contributed by atoms with Crippen LogP contribution in [0.5, 0.6) is 5.75 Å². The molecule has 0 fully saturated rings. The van der Waals surface area contributed by atoms with Crippen molar-refractivity contribution >= 4 is 0 Å². The first kappa shape index (κ1) is 18.3. The van der Waals surface area contributed by atoms with Gasteiger partial charge in [0.25, 0.3) is 0 Å². The Bertz CT molecular complexity index is 1010. The van der Waals surface area contributed by atoms with E-state index in [1.807, 2.05) is 36.4 Å². The van der Waals surface area contributed by atoms with E-state index in [1.54, 1.807) is 7.11 Å². The number of hydrogen-bond donors (Lipinski definition) is 1. The van der Waals surface area contributed by atoms with Gasteiger partial charge in [-0.05, 0) is 29.8 Å². The van der Waals surface area contributed by atoms with Crippen LogP contribution in [0.25, 0.3) is 11.3 Å². The lowest BCUT2D eigenvalue weighted by Gasteiger charge is -2.26. The molecule has 0 aliphatic carbocycles. The van der Waals surface area contributed by atoms with Crippen molar-refractivity contribution in [2.24, 2.45) is 0 Å². The molecule has 2 aromatic carbocycles. The largest absolute Gasteiger partial charge is 0.497 e. The van der Waals surface area contributed by atoms with Crippen LogP contribution in [0.15, 0.2) is 53.1 Å². The molecule has 4 rings (SSSR count). The molecule has 3 aromatic rings. The summed E-state index contributed by atoms with van der Waals surface area (Å²) >= 11 is 0. The Morgan fingerprint density at radius 3 is 2.86 bits per heavy atom. The normalized spacial score (nSPS) is 13.5. The molecule has 0 spiro atoms. The van der Waals surface area contributed by atoms with Gasteiger partial charge >= 0.3 is 0 Å². The average Bonchev–Trinajstić information content (AvgIpc) is 3.16. The molecule has 5 heteroatoms. The van der Waals surface area contributed by atoms with E-state index in [9.17, 15) is 0 Å². The van der Waals surface area contributed by atoms with Crippen LogP contribution in [0.1, 0.15) is 22.5 Å². The number of benzene rings is 2. The number of hydrogen-bond acceptors (Lipinski definition) is 5. The third-order valence-corrected chi connectivity index (χ3v) is 4.92. The molecule has 0 saturated carbocycles. The quantitative estimate of drug-likeness (QED) is 0.711. The first-order valence-corrected chi connectivity index (χ1v) is 9.29. The maximum Gasteiger partial charge on any atom is 0.143 e. The van der Waals surface area contributed by atoms with Crippen molar-refractivity contribution in [3.05, 3.63) is 71.0 Å². The number of ether oxygens (including phenoxy) is 1. The number of nitrogens with zero attached hydrogens (tertiary/aromatic N) is 2. The Hall–Kier alpha value is -3.07. The first-order valence-electron chi connectivity index (χ1n) is 9.29. The Labute approximate surface area is 164 Å². The zero-order valence-corrected chi connectivity index (χ0v) is 15.8. The Kier molecular flexibility index (Phi) is 5.43. The Morgan fingerprint density at radius 2 is 2.07 bits per heavy atom. The van der Waals surface area contributed by atoms with Crippen LogP contribution in [0.3, 0.4) is 0 Å². The van der Waals surface area contributed by atoms with Gasteiger partial charge in [0.15, 0.2) is 0 Å². The van der Waals surface area contributed by atoms with E-state index in [1.165, 1.54) is 5.56 Å². The molecule has 0 bridgehead atoms. The van der Waals surface area contributed by atoms with E-state index in [2.05, 4.69) is 34.0 Å². The minimum absolute atomic E-state index is 0.119. The maximum atomic E-state index is 8.79. The molecule has 1 aliphatic heterocycles. The number of rotatable bonds is 4. The Morgan fingerprint density at radius 1 is 1.21 bits per heavy atom. The molecule has 28 heavy (non-hydrogen) atoms. The van der Waals surface area contributed by atoms with E-state index < -0.39 is 0 Å². The minimum atomic E-state index is -0.119. The number of methoxy groups -OCH3 is 1. The van der Waals surface area contributed by atoms with Gasteiger partial charge in [-0.15, -0.1) is 0 Å². The predicted molar refractivity (Wildman–Crippen MR) is 107 cm³/mol. The molecule has 2 heterocycles. The maximum absolute atomic E-state index is 8.79. The van der Waals surface area contributed by atoms with Crippen LogP contribution in [-0.2, 0) is 19.5 Å². The molecule has 0 amide bonds. The van der Waals surface area contributed by atoms with Crippen molar-refractivity contribution in [1.82, 2.24) is 10.1 Å². The third kappa shape index (κ3) is 3.94. The SMILES string of the molecule is COc1cccc(-c2noc3c2CN(Cc2ccc(C#CCO)cc2)CC3)c1. The molecule has 142 valence electrons. The van der Waals surface area contributed by atoms with Crippen LogP contribution < -0.4 is 4.74 Å². The average molecular weight is 374 g/mol. The van der Waals surface area contributed by atoms with Crippen molar-refractivity contribution in [3.8, 4) is 28.8 Å². The van der Waals surface area contributed by atoms with Crippen LogP contribution in [0, 0.1) is 11.8 Å². The van der Waals surface area contributed by atoms with Crippen LogP contribution in [0.4, 0.5) is 0 Å². The summed E-state index contributed by atoms with van der Waals surface area (Å²) in [5.74, 6) is 7.38. The molecular formula is C23H22N2O3. The lowest BCUT2D eigenvalue weighted by atomic mass is 10.0. The van der Waals surface area contributed by atoms with Crippen molar-refractivity contribution < 1.29 is 14.4 Å². The highest BCUT2D eigenvalue weighted by molar-refractivity contribution is 5.65. The summed E-state index contributed by atoms with van der Waals surface area (Å²) in [6.07, 6.45) is 0.854. The van der Waals surface area contributed by atoms with Crippen LogP contribution in [0.2, 0.25) is 0 Å². The van der Waals surface area contributed by atoms with Gasteiger partial charge in [-0.25, -0.2) is 0 Å². The fourth-order valence-electron chi connectivity index (χ4n) is 3.49. The molecule has 0 radical (unpaired) electrons. The van der Waals surface area contributed by atoms with E-state index >= 15 is 0 Å². The summed E-state index contributed by atoms with van der Waals surface area (Å²) in [5, 5.41) is 13.1. The molecule has 1 N–H and O–H groups in total. The van der Waals surface area contributed by atoms with Crippen molar-refractivity contribution in [1.29, 1.82) is 0 Å². The van der Waals surface area contributed by atoms with Crippen molar-refractivity contribution in [3.63, 3.8) is 0 Å². The number of aliphatic hydroxyl groups excluding tert-OH is 1. The zero-order valence-electron chi connectivity index (χ0n) is 15.8. The number of aromatic nitrogens is 1. The number of aliphatic hydroxyl groups is 1. The third-order valence-electron chi connectivity index (χ3n) is 4.92. The highest BCUT2D eigenvalue weighted by Crippen LogP contribution is 2.32. The second-order valence-corrected chi connectivity index (χ2v) is 6.78. The van der Waals surface area contributed by atoms with Gasteiger partial charge in [0.2, 0.25) is 0 Å². The van der Waals surface area contributed by atoms with Gasteiger partial charge in [0.05, 0.1) is 7.11 Å². The molecule has 1 aliphatic rings. The number of fused-ring (bicyclic) bond motifs is 1. The van der Waals surface area contributed by atoms with Gasteiger partial charge in [-0.3, -0.25) is 4.90 Å². The fraction of sp³-hybridized carbons (Fsp3) is 0.261. The van der Waals surface area contributed by atoms with Crippen LogP contribution >= 0.6 is 0 Å². The summed E-state index contributed by atoms with van der Waals surface area (Å²) in [6.45, 7) is 2.48. The highest BCUT2D eigenvalue weighted by Gasteiger charge is 2.25. The van der Waals surface area contributed by atoms with Gasteiger partial charge < -0.3 is 14.4 Å². The van der Waals surface area contributed by atoms with Gasteiger partial charge in [0, 0.05) is 42.7 Å². The van der Waals surface area contributed by atoms with E-state index in [-0.39, 0.29) is 6.61 Å². The minimum Gasteiger partial charge on any atom is -0.497 e. The van der Waals surface area contributed by atoms with E-state index in [0.29, 0.717) is 0 Å². The van der Waals surface area contributed by atoms with E-state index in [4.69, 9.17) is 14.4 Å². The van der Waals surface area contributed by atoms with Crippen molar-refractivity contribution in [2.45, 2.75) is 19.5 Å². The second kappa shape index (κ2) is 8.30. The fourth-order valence-corrected chi connectivity index (χ4v) is 3.49. The predicted octanol–water partition coefficient (Wildman–Crippen LogP) is 3.25. The smallest absolute Gasteiger partial charge is 0.143 e. The lowest BCUT2D eigenvalue weighted by molar-refractivity contribution is 0.228. The highest BCUT2D eigenvalue weighted by atomic mass is 16.5. The molecule has 0 saturated heterocycles. The standard InChI is InChI=1S/C23H22N2O3/c1-27-20-6-2-5-19(14-20)23-21-16-25(12-11-22(21)28-24-23)15-18-9-7-17(8-10-18)4-3-13-26/h2,5-10,14,26H,11-13,15-16H2,1H3. The molecule has 5 nitrogen and oxygen atoms in total. The molecule has 0 atom stereocenters. The monoisotopic (exact) mass is 374 g/mol. The summed E-state index contributed by atoms with van der Waals surface area (Å²) in [4.78, 5) is 2.40. The Balaban J connectivity index is 1.51. The van der Waals surface area contributed by atoms with Crippen LogP contribution in [-0.4, -0.2) is 35.4 Å². The lowest BCUT2D eigenvalue weighted by Crippen LogP contribution is -2.29. The summed E-state index contributed by atoms with van der Waals surface area (Å²) < 4.78 is 11.0. The van der Waals surface area contributed by atoms with E-state index in [0.717, 1.165) is 59.9 Å². The summed E-state index contributed by atoms with van der Waals surface area (Å²) in [6, 6.07) is 16.1. The molecule has 0 unspecified atom stereocenters. The van der Waals surface area contributed by atoms with Crippen molar-refractivity contribution in [2.75, 3.05) is 20.3 Å². The summed E-state index contributed by atoms with van der Waals surface area (Å²) in [7, 11) is 1.67. The zero-order chi connectivity index (χ0) is 19.3. The summed E-state index contributed by atoms with van der Waals surface area (Å²) in [5.41, 5.74) is 5.21. The first-order chi connectivity index (χ1) is 13.8. The topological polar surface area (TPSA) is 58.7 Å². The van der Waals surface area contributed by atoms with Gasteiger partial charge in [-0.1, -0.05) is 41.3 Å². The second-order valence-electron chi connectivity index (χ2n) is 6.78. The van der Waals surface area contributed by atoms with Gasteiger partial charge in [-0.2, -0.15) is 0 Å². The molecule has 1 aromatic heterocycles. The molecular weight excluding hydrogens is 352 g/mol. The van der Waals surface area contributed by atoms with Gasteiger partial charge in [0.1, 0.15) is 23.8 Å².